The van der Waals surface area contributed by atoms with E-state index in [2.05, 4.69) is 29.4 Å². The Morgan fingerprint density at radius 2 is 1.51 bits per heavy atom. The minimum atomic E-state index is -0.778. The number of benzene rings is 3. The molecule has 1 aromatic heterocycles. The maximum absolute atomic E-state index is 13.6. The Hall–Kier alpha value is -4.94. The smallest absolute Gasteiger partial charge is 0.410 e. The number of carbonyl (C=O) groups excluding carboxylic acids is 3. The van der Waals surface area contributed by atoms with Crippen LogP contribution in [0.15, 0.2) is 83.4 Å². The Bertz CT molecular complexity index is 1880. The second-order valence-electron chi connectivity index (χ2n) is 14.8. The van der Waals surface area contributed by atoms with Gasteiger partial charge in [0.2, 0.25) is 5.89 Å². The first-order valence-electron chi connectivity index (χ1n) is 18.1. The average molecular weight is 742 g/mol. The van der Waals surface area contributed by atoms with Gasteiger partial charge in [0.15, 0.2) is 5.82 Å². The van der Waals surface area contributed by atoms with Crippen molar-refractivity contribution in [2.75, 3.05) is 26.2 Å². The molecule has 2 saturated heterocycles. The quantitative estimate of drug-likeness (QED) is 0.0993. The van der Waals surface area contributed by atoms with E-state index < -0.39 is 29.1 Å². The molecule has 2 unspecified atom stereocenters. The highest BCUT2D eigenvalue weighted by Gasteiger charge is 2.41. The molecule has 1 aliphatic carbocycles. The Morgan fingerprint density at radius 3 is 2.15 bits per heavy atom. The van der Waals surface area contributed by atoms with Crippen LogP contribution in [0.25, 0.3) is 11.1 Å². The highest BCUT2D eigenvalue weighted by molar-refractivity contribution is 6.62. The molecule has 0 radical (unpaired) electrons. The van der Waals surface area contributed by atoms with Crippen LogP contribution in [0.1, 0.15) is 92.7 Å². The molecule has 13 heteroatoms. The molecule has 2 atom stereocenters. The fourth-order valence-electron chi connectivity index (χ4n) is 7.49. The number of nitrogens with zero attached hydrogens (tertiary/aromatic N) is 5. The number of fused-ring (bicyclic) bond motifs is 3. The van der Waals surface area contributed by atoms with Gasteiger partial charge in [0.1, 0.15) is 18.8 Å². The molecule has 3 aliphatic rings. The lowest BCUT2D eigenvalue weighted by Crippen LogP contribution is -2.52. The highest BCUT2D eigenvalue weighted by atomic mass is 35.5. The summed E-state index contributed by atoms with van der Waals surface area (Å²) >= 11 is 5.99. The second-order valence-corrected chi connectivity index (χ2v) is 15.1. The summed E-state index contributed by atoms with van der Waals surface area (Å²) in [5.41, 5.74) is 4.83. The first-order chi connectivity index (χ1) is 25.6. The highest BCUT2D eigenvalue weighted by Crippen LogP contribution is 2.44. The van der Waals surface area contributed by atoms with Crippen LogP contribution >= 0.6 is 11.6 Å². The van der Waals surface area contributed by atoms with Crippen molar-refractivity contribution in [2.45, 2.75) is 82.6 Å². The van der Waals surface area contributed by atoms with Gasteiger partial charge < -0.3 is 18.9 Å². The molecule has 0 bridgehead atoms. The molecule has 2 fully saturated rings. The number of amides is 3. The van der Waals surface area contributed by atoms with E-state index in [1.54, 1.807) is 25.7 Å². The maximum Gasteiger partial charge on any atom is 0.410 e. The molecule has 2 aliphatic heterocycles. The van der Waals surface area contributed by atoms with Crippen molar-refractivity contribution in [2.24, 2.45) is 0 Å². The van der Waals surface area contributed by atoms with Gasteiger partial charge >= 0.3 is 17.6 Å². The molecule has 0 N–H and O–H groups in total. The molecule has 4 aromatic rings. The third-order valence-electron chi connectivity index (χ3n) is 10.1. The van der Waals surface area contributed by atoms with E-state index in [9.17, 15) is 14.4 Å². The van der Waals surface area contributed by atoms with Gasteiger partial charge in [0, 0.05) is 31.5 Å². The van der Waals surface area contributed by atoms with Crippen molar-refractivity contribution >= 4 is 29.2 Å². The first-order valence-corrected chi connectivity index (χ1v) is 18.5. The third-order valence-corrected chi connectivity index (χ3v) is 10.3. The minimum Gasteiger partial charge on any atom is -0.448 e. The molecular weight excluding hydrogens is 698 g/mol. The van der Waals surface area contributed by atoms with Gasteiger partial charge in [-0.2, -0.15) is 4.98 Å². The number of hydrogen-bond donors (Lipinski definition) is 0. The summed E-state index contributed by atoms with van der Waals surface area (Å²) in [4.78, 5) is 53.2. The summed E-state index contributed by atoms with van der Waals surface area (Å²) in [5.74, 6) is 0.756. The molecule has 3 amide bonds. The van der Waals surface area contributed by atoms with Gasteiger partial charge in [-0.25, -0.2) is 14.7 Å². The fourth-order valence-corrected chi connectivity index (χ4v) is 7.68. The molecule has 7 rings (SSSR count). The topological polar surface area (TPSA) is 128 Å². The molecule has 0 spiro atoms. The summed E-state index contributed by atoms with van der Waals surface area (Å²) in [6, 6.07) is 24.9. The van der Waals surface area contributed by atoms with Gasteiger partial charge in [0.05, 0.1) is 12.1 Å². The van der Waals surface area contributed by atoms with Crippen LogP contribution < -0.4 is 0 Å². The second kappa shape index (κ2) is 15.6. The Balaban J connectivity index is 0.974. The summed E-state index contributed by atoms with van der Waals surface area (Å²) in [6.45, 7) is 6.85. The number of hydrogen-bond acceptors (Lipinski definition) is 9. The number of likely N-dealkylation sites (tertiary alicyclic amines) is 2. The number of rotatable bonds is 8. The normalized spacial score (nSPS) is 19.0. The van der Waals surface area contributed by atoms with Crippen LogP contribution in [0.4, 0.5) is 14.4 Å². The van der Waals surface area contributed by atoms with Crippen molar-refractivity contribution in [3.63, 3.8) is 0 Å². The average Bonchev–Trinajstić information content (AvgIpc) is 3.77. The van der Waals surface area contributed by atoms with Gasteiger partial charge in [-0.1, -0.05) is 84.0 Å². The summed E-state index contributed by atoms with van der Waals surface area (Å²) in [5, 5.41) is 4.67. The summed E-state index contributed by atoms with van der Waals surface area (Å²) < 4.78 is 17.4. The van der Waals surface area contributed by atoms with E-state index in [0.29, 0.717) is 50.5 Å². The molecule has 0 saturated carbocycles. The number of aromatic nitrogens is 2. The van der Waals surface area contributed by atoms with Crippen LogP contribution in [0.2, 0.25) is 0 Å². The Labute approximate surface area is 313 Å². The van der Waals surface area contributed by atoms with Crippen molar-refractivity contribution in [1.29, 1.82) is 0 Å². The predicted octanol–water partition coefficient (Wildman–Crippen LogP) is 8.43. The van der Waals surface area contributed by atoms with E-state index in [1.165, 1.54) is 27.2 Å². The van der Waals surface area contributed by atoms with Gasteiger partial charge in [0.25, 0.3) is 0 Å². The van der Waals surface area contributed by atoms with Crippen LogP contribution in [0, 0.1) is 0 Å². The number of carbonyl (C=O) groups is 3. The number of ether oxygens (including phenoxy) is 2. The molecule has 278 valence electrons. The summed E-state index contributed by atoms with van der Waals surface area (Å²) in [6.07, 6.45) is 1.23. The first kappa shape index (κ1) is 36.4. The van der Waals surface area contributed by atoms with Crippen LogP contribution in [-0.2, 0) is 20.9 Å². The Kier molecular flexibility index (Phi) is 10.7. The van der Waals surface area contributed by atoms with E-state index in [0.717, 1.165) is 10.6 Å². The largest absolute Gasteiger partial charge is 0.448 e. The van der Waals surface area contributed by atoms with Crippen molar-refractivity contribution in [3.05, 3.63) is 107 Å². The third kappa shape index (κ3) is 8.18. The molecule has 3 aromatic carbocycles. The van der Waals surface area contributed by atoms with Crippen molar-refractivity contribution in [3.8, 4) is 11.1 Å². The van der Waals surface area contributed by atoms with Gasteiger partial charge in [-0.05, 0) is 85.9 Å². The number of halogens is 1. The van der Waals surface area contributed by atoms with Crippen molar-refractivity contribution < 1.29 is 33.2 Å². The lowest BCUT2D eigenvalue weighted by molar-refractivity contribution is -0.160. The lowest BCUT2D eigenvalue weighted by Gasteiger charge is -2.41. The monoisotopic (exact) mass is 741 g/mol. The zero-order chi connectivity index (χ0) is 37.1. The van der Waals surface area contributed by atoms with E-state index in [4.69, 9.17) is 35.4 Å². The number of hydroxylamine groups is 2. The number of piperidine rings is 2. The van der Waals surface area contributed by atoms with E-state index in [1.807, 2.05) is 54.6 Å². The maximum atomic E-state index is 13.6. The van der Waals surface area contributed by atoms with Crippen LogP contribution in [0.3, 0.4) is 0 Å². The summed E-state index contributed by atoms with van der Waals surface area (Å²) in [7, 11) is 0. The SMILES string of the molecule is CC(C)(C)OC(=O)N1CC(N(OCc2ccccc2)C(=O)Cl)CCC1c1noc(C2CCN(C(=O)OCC3c4ccccc4-c4ccccc43)CC2)n1. The Morgan fingerprint density at radius 1 is 0.868 bits per heavy atom. The van der Waals surface area contributed by atoms with E-state index in [-0.39, 0.29) is 37.7 Å². The molecule has 53 heavy (non-hydrogen) atoms. The molecule has 3 heterocycles. The van der Waals surface area contributed by atoms with Crippen LogP contribution in [0.5, 0.6) is 0 Å². The fraction of sp³-hybridized carbons (Fsp3) is 0.425. The van der Waals surface area contributed by atoms with Gasteiger partial charge in [-0.15, -0.1) is 0 Å². The molecular formula is C40H44ClN5O7. The predicted molar refractivity (Wildman–Crippen MR) is 196 cm³/mol. The van der Waals surface area contributed by atoms with Crippen LogP contribution in [-0.4, -0.2) is 80.4 Å². The minimum absolute atomic E-state index is 0.00340. The lowest BCUT2D eigenvalue weighted by atomic mass is 9.96. The zero-order valence-electron chi connectivity index (χ0n) is 30.2. The standard InChI is InChI=1S/C40H44ClN5O7/c1-40(2,3)52-39(49)45-23-28(46(37(41)47)51-24-26-11-5-4-6-12-26)17-18-34(45)35-42-36(53-43-35)27-19-21-44(22-20-27)38(48)50-25-33-31-15-9-7-13-29(31)30-14-8-10-16-32(30)33/h4-16,27-28,33-34H,17-25H2,1-3H3. The van der Waals surface area contributed by atoms with E-state index >= 15 is 0 Å². The van der Waals surface area contributed by atoms with Gasteiger partial charge in [-0.3, -0.25) is 14.5 Å². The van der Waals surface area contributed by atoms with Crippen molar-refractivity contribution in [1.82, 2.24) is 25.0 Å². The zero-order valence-corrected chi connectivity index (χ0v) is 30.9. The molecule has 12 nitrogen and oxygen atoms in total.